The number of hydrogen-bond acceptors (Lipinski definition) is 3. The lowest BCUT2D eigenvalue weighted by molar-refractivity contribution is -0.128. The molecule has 0 radical (unpaired) electrons. The summed E-state index contributed by atoms with van der Waals surface area (Å²) >= 11 is 0. The summed E-state index contributed by atoms with van der Waals surface area (Å²) in [6.07, 6.45) is 3.00. The van der Waals surface area contributed by atoms with Gasteiger partial charge in [0.1, 0.15) is 5.41 Å². The van der Waals surface area contributed by atoms with Gasteiger partial charge in [0.25, 0.3) is 0 Å². The lowest BCUT2D eigenvalue weighted by Crippen LogP contribution is -2.42. The Morgan fingerprint density at radius 3 is 2.18 bits per heavy atom. The average Bonchev–Trinajstić information content (AvgIpc) is 2.27. The molecule has 0 fully saturated rings. The molecule has 0 aliphatic rings. The summed E-state index contributed by atoms with van der Waals surface area (Å²) in [6.45, 7) is 5.41. The van der Waals surface area contributed by atoms with Crippen LogP contribution in [0.2, 0.25) is 0 Å². The van der Waals surface area contributed by atoms with Crippen LogP contribution in [0.25, 0.3) is 0 Å². The topological polar surface area (TPSA) is 56.1 Å². The second-order valence-corrected chi connectivity index (χ2v) is 4.75. The van der Waals surface area contributed by atoms with Crippen LogP contribution >= 0.6 is 0 Å². The third-order valence-electron chi connectivity index (χ3n) is 2.85. The molecule has 0 atom stereocenters. The number of rotatable bonds is 8. The molecule has 17 heavy (non-hydrogen) atoms. The Morgan fingerprint density at radius 1 is 1.29 bits per heavy atom. The quantitative estimate of drug-likeness (QED) is 0.702. The summed E-state index contributed by atoms with van der Waals surface area (Å²) in [7, 11) is 3.92. The molecule has 0 saturated heterocycles. The van der Waals surface area contributed by atoms with Crippen molar-refractivity contribution in [3.63, 3.8) is 0 Å². The van der Waals surface area contributed by atoms with Crippen LogP contribution in [0.5, 0.6) is 0 Å². The van der Waals surface area contributed by atoms with Crippen molar-refractivity contribution >= 4 is 5.91 Å². The van der Waals surface area contributed by atoms with Gasteiger partial charge in [-0.2, -0.15) is 5.26 Å². The van der Waals surface area contributed by atoms with E-state index in [1.165, 1.54) is 0 Å². The van der Waals surface area contributed by atoms with E-state index in [1.54, 1.807) is 0 Å². The lowest BCUT2D eigenvalue weighted by Gasteiger charge is -2.25. The fourth-order valence-electron chi connectivity index (χ4n) is 1.93. The molecule has 0 saturated carbocycles. The van der Waals surface area contributed by atoms with Crippen molar-refractivity contribution in [3.8, 4) is 6.07 Å². The van der Waals surface area contributed by atoms with Crippen molar-refractivity contribution < 1.29 is 4.79 Å². The molecule has 0 bridgehead atoms. The van der Waals surface area contributed by atoms with Gasteiger partial charge in [0.05, 0.1) is 6.07 Å². The fraction of sp³-hybridized carbons (Fsp3) is 0.846. The standard InChI is InChI=1S/C13H25N3O/c1-5-7-13(11-14,8-6-2)12(17)15-9-10-16(3)4/h5-10H2,1-4H3,(H,15,17). The third-order valence-corrected chi connectivity index (χ3v) is 2.85. The number of nitrogens with one attached hydrogen (secondary N) is 1. The van der Waals surface area contributed by atoms with Gasteiger partial charge in [-0.3, -0.25) is 4.79 Å². The van der Waals surface area contributed by atoms with Gasteiger partial charge < -0.3 is 10.2 Å². The summed E-state index contributed by atoms with van der Waals surface area (Å²) in [4.78, 5) is 14.1. The summed E-state index contributed by atoms with van der Waals surface area (Å²) in [5.41, 5.74) is -0.824. The van der Waals surface area contributed by atoms with E-state index in [9.17, 15) is 10.1 Å². The van der Waals surface area contributed by atoms with Gasteiger partial charge in [-0.15, -0.1) is 0 Å². The van der Waals surface area contributed by atoms with Crippen LogP contribution in [0.1, 0.15) is 39.5 Å². The molecule has 4 heteroatoms. The van der Waals surface area contributed by atoms with Crippen LogP contribution < -0.4 is 5.32 Å². The first-order valence-corrected chi connectivity index (χ1v) is 6.36. The maximum atomic E-state index is 12.1. The molecule has 1 amide bonds. The molecule has 0 unspecified atom stereocenters. The molecular weight excluding hydrogens is 214 g/mol. The zero-order chi connectivity index (χ0) is 13.3. The second-order valence-electron chi connectivity index (χ2n) is 4.75. The predicted octanol–water partition coefficient (Wildman–Crippen LogP) is 1.77. The monoisotopic (exact) mass is 239 g/mol. The molecule has 0 aliphatic carbocycles. The SMILES string of the molecule is CCCC(C#N)(CCC)C(=O)NCCN(C)C. The van der Waals surface area contributed by atoms with E-state index < -0.39 is 5.41 Å². The smallest absolute Gasteiger partial charge is 0.240 e. The minimum absolute atomic E-state index is 0.106. The first-order chi connectivity index (χ1) is 8.02. The maximum absolute atomic E-state index is 12.1. The Kier molecular flexibility index (Phi) is 7.56. The van der Waals surface area contributed by atoms with Crippen LogP contribution in [-0.2, 0) is 4.79 Å². The highest BCUT2D eigenvalue weighted by Crippen LogP contribution is 2.29. The Labute approximate surface area is 105 Å². The first-order valence-electron chi connectivity index (χ1n) is 6.36. The highest BCUT2D eigenvalue weighted by atomic mass is 16.2. The maximum Gasteiger partial charge on any atom is 0.240 e. The minimum atomic E-state index is -0.824. The fourth-order valence-corrected chi connectivity index (χ4v) is 1.93. The van der Waals surface area contributed by atoms with Crippen molar-refractivity contribution in [2.45, 2.75) is 39.5 Å². The van der Waals surface area contributed by atoms with Gasteiger partial charge in [-0.25, -0.2) is 0 Å². The van der Waals surface area contributed by atoms with Gasteiger partial charge in [0, 0.05) is 13.1 Å². The molecular formula is C13H25N3O. The van der Waals surface area contributed by atoms with Gasteiger partial charge in [0.15, 0.2) is 0 Å². The predicted molar refractivity (Wildman–Crippen MR) is 69.4 cm³/mol. The number of nitriles is 1. The van der Waals surface area contributed by atoms with E-state index >= 15 is 0 Å². The van der Waals surface area contributed by atoms with Crippen LogP contribution in [0.15, 0.2) is 0 Å². The highest BCUT2D eigenvalue weighted by Gasteiger charge is 2.36. The number of carbonyl (C=O) groups is 1. The number of carbonyl (C=O) groups excluding carboxylic acids is 1. The van der Waals surface area contributed by atoms with Gasteiger partial charge in [-0.05, 0) is 26.9 Å². The number of likely N-dealkylation sites (N-methyl/N-ethyl adjacent to an activating group) is 1. The molecule has 4 nitrogen and oxygen atoms in total. The zero-order valence-corrected chi connectivity index (χ0v) is 11.5. The molecule has 0 aromatic carbocycles. The highest BCUT2D eigenvalue weighted by molar-refractivity contribution is 5.85. The number of nitrogens with zero attached hydrogens (tertiary/aromatic N) is 2. The Bertz CT molecular complexity index is 262. The largest absolute Gasteiger partial charge is 0.353 e. The molecule has 0 spiro atoms. The Hall–Kier alpha value is -1.08. The molecule has 0 heterocycles. The molecule has 1 N–H and O–H groups in total. The molecule has 0 aliphatic heterocycles. The van der Waals surface area contributed by atoms with E-state index in [0.717, 1.165) is 19.4 Å². The van der Waals surface area contributed by atoms with Crippen molar-refractivity contribution in [3.05, 3.63) is 0 Å². The summed E-state index contributed by atoms with van der Waals surface area (Å²) < 4.78 is 0. The van der Waals surface area contributed by atoms with Crippen molar-refractivity contribution in [2.75, 3.05) is 27.2 Å². The number of amides is 1. The van der Waals surface area contributed by atoms with Crippen LogP contribution in [0, 0.1) is 16.7 Å². The Morgan fingerprint density at radius 2 is 1.82 bits per heavy atom. The first kappa shape index (κ1) is 15.9. The second kappa shape index (κ2) is 8.08. The normalized spacial score (nSPS) is 11.3. The van der Waals surface area contributed by atoms with Gasteiger partial charge in [0.2, 0.25) is 5.91 Å². The van der Waals surface area contributed by atoms with Crippen molar-refractivity contribution in [1.29, 1.82) is 5.26 Å². The van der Waals surface area contributed by atoms with E-state index in [0.29, 0.717) is 19.4 Å². The van der Waals surface area contributed by atoms with E-state index in [-0.39, 0.29) is 5.91 Å². The summed E-state index contributed by atoms with van der Waals surface area (Å²) in [6, 6.07) is 2.23. The van der Waals surface area contributed by atoms with E-state index in [2.05, 4.69) is 11.4 Å². The van der Waals surface area contributed by atoms with Crippen molar-refractivity contribution in [1.82, 2.24) is 10.2 Å². The van der Waals surface area contributed by atoms with E-state index in [4.69, 9.17) is 0 Å². The molecule has 0 aromatic rings. The van der Waals surface area contributed by atoms with Crippen LogP contribution in [0.4, 0.5) is 0 Å². The van der Waals surface area contributed by atoms with Gasteiger partial charge in [-0.1, -0.05) is 26.7 Å². The summed E-state index contributed by atoms with van der Waals surface area (Å²) in [5.74, 6) is -0.106. The molecule has 0 rings (SSSR count). The minimum Gasteiger partial charge on any atom is -0.353 e. The molecule has 98 valence electrons. The zero-order valence-electron chi connectivity index (χ0n) is 11.5. The summed E-state index contributed by atoms with van der Waals surface area (Å²) in [5, 5.41) is 12.2. The average molecular weight is 239 g/mol. The van der Waals surface area contributed by atoms with Gasteiger partial charge >= 0.3 is 0 Å². The van der Waals surface area contributed by atoms with Crippen LogP contribution in [0.3, 0.4) is 0 Å². The number of hydrogen-bond donors (Lipinski definition) is 1. The van der Waals surface area contributed by atoms with Crippen molar-refractivity contribution in [2.24, 2.45) is 5.41 Å². The Balaban J connectivity index is 4.47. The third kappa shape index (κ3) is 5.18. The van der Waals surface area contributed by atoms with E-state index in [1.807, 2.05) is 32.8 Å². The molecule has 0 aromatic heterocycles. The van der Waals surface area contributed by atoms with Crippen LogP contribution in [-0.4, -0.2) is 38.0 Å². The lowest BCUT2D eigenvalue weighted by atomic mass is 9.80.